The van der Waals surface area contributed by atoms with Gasteiger partial charge in [-0.15, -0.1) is 0 Å². The molecular formula is C15H17N3O3. The molecule has 2 rings (SSSR count). The molecule has 0 aliphatic heterocycles. The van der Waals surface area contributed by atoms with Gasteiger partial charge in [-0.2, -0.15) is 0 Å². The molecular weight excluding hydrogens is 270 g/mol. The van der Waals surface area contributed by atoms with Gasteiger partial charge in [-0.1, -0.05) is 35.5 Å². The molecule has 6 nitrogen and oxygen atoms in total. The monoisotopic (exact) mass is 287 g/mol. The van der Waals surface area contributed by atoms with Gasteiger partial charge in [-0.05, 0) is 12.5 Å². The molecule has 0 radical (unpaired) electrons. The standard InChI is InChI=1S/C15H17N3O3/c1-10-12(9-16-21-10)14(19)17-13(15(20)18(2)3)11-7-5-4-6-8-11/h4-9,13H,1-3H3,(H,17,19). The molecule has 1 N–H and O–H groups in total. The topological polar surface area (TPSA) is 75.4 Å². The van der Waals surface area contributed by atoms with Gasteiger partial charge in [-0.25, -0.2) is 0 Å². The second-order valence-electron chi connectivity index (χ2n) is 4.85. The first-order valence-corrected chi connectivity index (χ1v) is 6.49. The fourth-order valence-corrected chi connectivity index (χ4v) is 1.92. The van der Waals surface area contributed by atoms with Crippen molar-refractivity contribution in [1.82, 2.24) is 15.4 Å². The molecule has 1 atom stereocenters. The van der Waals surface area contributed by atoms with Crippen LogP contribution in [0.1, 0.15) is 27.7 Å². The lowest BCUT2D eigenvalue weighted by molar-refractivity contribution is -0.130. The zero-order valence-electron chi connectivity index (χ0n) is 12.2. The van der Waals surface area contributed by atoms with E-state index >= 15 is 0 Å². The highest BCUT2D eigenvalue weighted by Gasteiger charge is 2.25. The highest BCUT2D eigenvalue weighted by atomic mass is 16.5. The molecule has 21 heavy (non-hydrogen) atoms. The molecule has 0 saturated carbocycles. The second-order valence-corrected chi connectivity index (χ2v) is 4.85. The van der Waals surface area contributed by atoms with E-state index in [4.69, 9.17) is 4.52 Å². The van der Waals surface area contributed by atoms with Gasteiger partial charge in [0.05, 0.1) is 6.20 Å². The summed E-state index contributed by atoms with van der Waals surface area (Å²) in [6.45, 7) is 1.65. The van der Waals surface area contributed by atoms with Crippen molar-refractivity contribution in [2.24, 2.45) is 0 Å². The summed E-state index contributed by atoms with van der Waals surface area (Å²) in [6.07, 6.45) is 1.34. The van der Waals surface area contributed by atoms with E-state index in [9.17, 15) is 9.59 Å². The molecule has 1 heterocycles. The Morgan fingerprint density at radius 1 is 1.24 bits per heavy atom. The number of carbonyl (C=O) groups excluding carboxylic acids is 2. The highest BCUT2D eigenvalue weighted by Crippen LogP contribution is 2.16. The number of hydrogen-bond acceptors (Lipinski definition) is 4. The molecule has 0 saturated heterocycles. The van der Waals surface area contributed by atoms with Gasteiger partial charge in [0.25, 0.3) is 5.91 Å². The molecule has 1 aromatic heterocycles. The number of carbonyl (C=O) groups is 2. The maximum absolute atomic E-state index is 12.3. The van der Waals surface area contributed by atoms with Crippen LogP contribution < -0.4 is 5.32 Å². The molecule has 2 aromatic rings. The number of benzene rings is 1. The van der Waals surface area contributed by atoms with Crippen molar-refractivity contribution < 1.29 is 14.1 Å². The predicted octanol–water partition coefficient (Wildman–Crippen LogP) is 1.54. The minimum Gasteiger partial charge on any atom is -0.361 e. The van der Waals surface area contributed by atoms with E-state index in [-0.39, 0.29) is 5.91 Å². The first-order valence-electron chi connectivity index (χ1n) is 6.49. The van der Waals surface area contributed by atoms with E-state index in [2.05, 4.69) is 10.5 Å². The highest BCUT2D eigenvalue weighted by molar-refractivity contribution is 5.98. The van der Waals surface area contributed by atoms with Crippen molar-refractivity contribution in [3.63, 3.8) is 0 Å². The molecule has 1 aromatic carbocycles. The Bertz CT molecular complexity index is 635. The number of aromatic nitrogens is 1. The summed E-state index contributed by atoms with van der Waals surface area (Å²) >= 11 is 0. The molecule has 6 heteroatoms. The minimum atomic E-state index is -0.747. The third-order valence-electron chi connectivity index (χ3n) is 3.09. The largest absolute Gasteiger partial charge is 0.361 e. The Morgan fingerprint density at radius 2 is 1.90 bits per heavy atom. The summed E-state index contributed by atoms with van der Waals surface area (Å²) in [4.78, 5) is 26.0. The number of nitrogens with zero attached hydrogens (tertiary/aromatic N) is 2. The van der Waals surface area contributed by atoms with Crippen molar-refractivity contribution >= 4 is 11.8 Å². The Labute approximate surface area is 122 Å². The number of rotatable bonds is 4. The first kappa shape index (κ1) is 14.8. The average molecular weight is 287 g/mol. The van der Waals surface area contributed by atoms with E-state index in [0.717, 1.165) is 5.56 Å². The van der Waals surface area contributed by atoms with Crippen LogP contribution in [0, 0.1) is 6.92 Å². The molecule has 0 fully saturated rings. The van der Waals surface area contributed by atoms with Crippen LogP contribution in [0.15, 0.2) is 41.1 Å². The summed E-state index contributed by atoms with van der Waals surface area (Å²) in [6, 6.07) is 8.35. The van der Waals surface area contributed by atoms with Gasteiger partial charge >= 0.3 is 0 Å². The molecule has 0 aliphatic rings. The second kappa shape index (κ2) is 6.21. The fourth-order valence-electron chi connectivity index (χ4n) is 1.92. The van der Waals surface area contributed by atoms with Gasteiger partial charge in [0, 0.05) is 14.1 Å². The smallest absolute Gasteiger partial charge is 0.257 e. The van der Waals surface area contributed by atoms with E-state index < -0.39 is 11.9 Å². The maximum atomic E-state index is 12.3. The van der Waals surface area contributed by atoms with E-state index in [1.54, 1.807) is 33.2 Å². The van der Waals surface area contributed by atoms with Crippen molar-refractivity contribution in [1.29, 1.82) is 0 Å². The Morgan fingerprint density at radius 3 is 2.43 bits per heavy atom. The molecule has 0 aliphatic carbocycles. The summed E-state index contributed by atoms with van der Waals surface area (Å²) < 4.78 is 4.87. The van der Waals surface area contributed by atoms with Gasteiger partial charge in [-0.3, -0.25) is 9.59 Å². The SMILES string of the molecule is Cc1oncc1C(=O)NC(C(=O)N(C)C)c1ccccc1. The zero-order chi connectivity index (χ0) is 15.4. The first-order chi connectivity index (χ1) is 10.0. The average Bonchev–Trinajstić information content (AvgIpc) is 2.91. The zero-order valence-corrected chi connectivity index (χ0v) is 12.2. The Hall–Kier alpha value is -2.63. The normalized spacial score (nSPS) is 11.8. The quantitative estimate of drug-likeness (QED) is 0.925. The van der Waals surface area contributed by atoms with Gasteiger partial charge in [0.2, 0.25) is 5.91 Å². The Balaban J connectivity index is 2.27. The summed E-state index contributed by atoms with van der Waals surface area (Å²) in [5.74, 6) is -0.182. The maximum Gasteiger partial charge on any atom is 0.257 e. The van der Waals surface area contributed by atoms with Gasteiger partial charge in [0.15, 0.2) is 0 Å². The van der Waals surface area contributed by atoms with E-state index in [1.807, 2.05) is 18.2 Å². The lowest BCUT2D eigenvalue weighted by atomic mass is 10.1. The number of amides is 2. The van der Waals surface area contributed by atoms with Crippen LogP contribution in [0.4, 0.5) is 0 Å². The van der Waals surface area contributed by atoms with Crippen LogP contribution in [0.5, 0.6) is 0 Å². The predicted molar refractivity (Wildman–Crippen MR) is 76.6 cm³/mol. The molecule has 2 amide bonds. The van der Waals surface area contributed by atoms with Crippen molar-refractivity contribution in [2.75, 3.05) is 14.1 Å². The van der Waals surface area contributed by atoms with Crippen LogP contribution in [0.25, 0.3) is 0 Å². The fraction of sp³-hybridized carbons (Fsp3) is 0.267. The summed E-state index contributed by atoms with van der Waals surface area (Å²) in [5.41, 5.74) is 1.04. The van der Waals surface area contributed by atoms with Crippen LogP contribution in [0.3, 0.4) is 0 Å². The minimum absolute atomic E-state index is 0.205. The lowest BCUT2D eigenvalue weighted by Crippen LogP contribution is -2.39. The van der Waals surface area contributed by atoms with Crippen LogP contribution in [0.2, 0.25) is 0 Å². The van der Waals surface area contributed by atoms with E-state index in [1.165, 1.54) is 11.1 Å². The van der Waals surface area contributed by atoms with Crippen LogP contribution in [-0.2, 0) is 4.79 Å². The lowest BCUT2D eigenvalue weighted by Gasteiger charge is -2.21. The molecule has 110 valence electrons. The van der Waals surface area contributed by atoms with Gasteiger partial charge < -0.3 is 14.7 Å². The number of aryl methyl sites for hydroxylation is 1. The molecule has 0 spiro atoms. The van der Waals surface area contributed by atoms with Crippen molar-refractivity contribution in [3.05, 3.63) is 53.4 Å². The molecule has 1 unspecified atom stereocenters. The number of hydrogen-bond donors (Lipinski definition) is 1. The number of nitrogens with one attached hydrogen (secondary N) is 1. The molecule has 0 bridgehead atoms. The van der Waals surface area contributed by atoms with Crippen LogP contribution in [-0.4, -0.2) is 36.0 Å². The van der Waals surface area contributed by atoms with Crippen molar-refractivity contribution in [2.45, 2.75) is 13.0 Å². The third-order valence-corrected chi connectivity index (χ3v) is 3.09. The Kier molecular flexibility index (Phi) is 4.37. The van der Waals surface area contributed by atoms with Crippen molar-refractivity contribution in [3.8, 4) is 0 Å². The summed E-state index contributed by atoms with van der Waals surface area (Å²) in [7, 11) is 3.30. The number of likely N-dealkylation sites (N-methyl/N-ethyl adjacent to an activating group) is 1. The third kappa shape index (κ3) is 3.28. The van der Waals surface area contributed by atoms with Gasteiger partial charge in [0.1, 0.15) is 17.4 Å². The van der Waals surface area contributed by atoms with E-state index in [0.29, 0.717) is 11.3 Å². The van der Waals surface area contributed by atoms with Crippen LogP contribution >= 0.6 is 0 Å². The summed E-state index contributed by atoms with van der Waals surface area (Å²) in [5, 5.41) is 6.30.